The van der Waals surface area contributed by atoms with Gasteiger partial charge < -0.3 is 9.47 Å². The molecule has 0 spiro atoms. The maximum atomic E-state index is 12.8. The van der Waals surface area contributed by atoms with E-state index in [0.29, 0.717) is 12.8 Å². The van der Waals surface area contributed by atoms with Crippen LogP contribution in [0, 0.1) is 11.3 Å². The molecule has 0 unspecified atom stereocenters. The lowest BCUT2D eigenvalue weighted by molar-refractivity contribution is -0.138. The van der Waals surface area contributed by atoms with Crippen LogP contribution in [0.25, 0.3) is 0 Å². The summed E-state index contributed by atoms with van der Waals surface area (Å²) in [4.78, 5) is 25.1. The third-order valence-corrected chi connectivity index (χ3v) is 5.78. The molecule has 2 aliphatic carbocycles. The quantitative estimate of drug-likeness (QED) is 0.806. The summed E-state index contributed by atoms with van der Waals surface area (Å²) in [5.41, 5.74) is -0.296. The van der Waals surface area contributed by atoms with Crippen molar-refractivity contribution in [3.05, 3.63) is 23.8 Å². The summed E-state index contributed by atoms with van der Waals surface area (Å²) in [5.74, 6) is 1.32. The molecule has 1 aromatic carbocycles. The monoisotopic (exact) mass is 302 g/mol. The van der Waals surface area contributed by atoms with Crippen molar-refractivity contribution >= 4 is 11.6 Å². The van der Waals surface area contributed by atoms with Gasteiger partial charge in [-0.3, -0.25) is 9.59 Å². The zero-order chi connectivity index (χ0) is 16.1. The Bertz CT molecular complexity index is 628. The number of hydrogen-bond donors (Lipinski definition) is 0. The van der Waals surface area contributed by atoms with Crippen molar-refractivity contribution in [2.45, 2.75) is 38.5 Å². The topological polar surface area (TPSA) is 52.6 Å². The van der Waals surface area contributed by atoms with Gasteiger partial charge in [0.15, 0.2) is 5.78 Å². The van der Waals surface area contributed by atoms with Crippen molar-refractivity contribution < 1.29 is 19.1 Å². The number of Topliss-reactive ketones (excluding diaryl/α,β-unsaturated/α-hetero) is 2. The molecule has 0 aromatic heterocycles. The number of methoxy groups -OCH3 is 2. The van der Waals surface area contributed by atoms with E-state index in [0.717, 1.165) is 23.5 Å². The summed E-state index contributed by atoms with van der Waals surface area (Å²) in [5, 5.41) is 0. The molecule has 0 heterocycles. The summed E-state index contributed by atoms with van der Waals surface area (Å²) >= 11 is 0. The van der Waals surface area contributed by atoms with E-state index in [1.807, 2.05) is 18.2 Å². The Balaban J connectivity index is 2.17. The van der Waals surface area contributed by atoms with Crippen LogP contribution in [0.15, 0.2) is 18.2 Å². The molecule has 22 heavy (non-hydrogen) atoms. The molecule has 118 valence electrons. The zero-order valence-electron chi connectivity index (χ0n) is 13.6. The lowest BCUT2D eigenvalue weighted by Crippen LogP contribution is -2.45. The third-order valence-electron chi connectivity index (χ3n) is 5.78. The van der Waals surface area contributed by atoms with Crippen LogP contribution in [0.5, 0.6) is 11.5 Å². The highest BCUT2D eigenvalue weighted by Crippen LogP contribution is 2.58. The Morgan fingerprint density at radius 2 is 1.64 bits per heavy atom. The number of rotatable bonds is 3. The maximum absolute atomic E-state index is 12.8. The minimum atomic E-state index is -0.778. The first kappa shape index (κ1) is 15.1. The van der Waals surface area contributed by atoms with Crippen LogP contribution in [0.1, 0.15) is 38.7 Å². The molecule has 0 N–H and O–H groups in total. The van der Waals surface area contributed by atoms with E-state index >= 15 is 0 Å². The molecule has 4 heteroatoms. The van der Waals surface area contributed by atoms with Crippen LogP contribution in [0.2, 0.25) is 0 Å². The van der Waals surface area contributed by atoms with Gasteiger partial charge in [0.2, 0.25) is 0 Å². The van der Waals surface area contributed by atoms with Crippen molar-refractivity contribution in [3.63, 3.8) is 0 Å². The lowest BCUT2D eigenvalue weighted by atomic mass is 9.60. The summed E-state index contributed by atoms with van der Waals surface area (Å²) in [6.07, 6.45) is 1.70. The fraction of sp³-hybridized carbons (Fsp3) is 0.556. The minimum Gasteiger partial charge on any atom is -0.496 e. The van der Waals surface area contributed by atoms with Gasteiger partial charge in [0.1, 0.15) is 17.3 Å². The van der Waals surface area contributed by atoms with E-state index in [4.69, 9.17) is 9.47 Å². The van der Waals surface area contributed by atoms with Crippen molar-refractivity contribution in [2.24, 2.45) is 11.3 Å². The molecule has 0 radical (unpaired) electrons. The molecule has 2 fully saturated rings. The van der Waals surface area contributed by atoms with Crippen molar-refractivity contribution in [3.8, 4) is 11.5 Å². The molecule has 3 rings (SSSR count). The molecule has 3 atom stereocenters. The van der Waals surface area contributed by atoms with Crippen molar-refractivity contribution in [1.29, 1.82) is 0 Å². The van der Waals surface area contributed by atoms with E-state index in [2.05, 4.69) is 6.92 Å². The fourth-order valence-corrected chi connectivity index (χ4v) is 4.20. The number of fused-ring (bicyclic) bond motifs is 2. The minimum absolute atomic E-state index is 0.0826. The Morgan fingerprint density at radius 3 is 2.18 bits per heavy atom. The molecule has 2 bridgehead atoms. The molecule has 4 nitrogen and oxygen atoms in total. The summed E-state index contributed by atoms with van der Waals surface area (Å²) < 4.78 is 11.0. The van der Waals surface area contributed by atoms with Crippen molar-refractivity contribution in [1.82, 2.24) is 0 Å². The predicted octanol–water partition coefficient (Wildman–Crippen LogP) is 2.92. The highest BCUT2D eigenvalue weighted by atomic mass is 16.5. The second-order valence-corrected chi connectivity index (χ2v) is 6.83. The number of ketones is 2. The van der Waals surface area contributed by atoms with Gasteiger partial charge in [0, 0.05) is 23.3 Å². The van der Waals surface area contributed by atoms with E-state index in [1.54, 1.807) is 21.1 Å². The first-order valence-electron chi connectivity index (χ1n) is 7.67. The van der Waals surface area contributed by atoms with Gasteiger partial charge in [-0.1, -0.05) is 13.0 Å². The maximum Gasteiger partial charge on any atom is 0.150 e. The van der Waals surface area contributed by atoms with Gasteiger partial charge in [0.25, 0.3) is 0 Å². The van der Waals surface area contributed by atoms with Gasteiger partial charge in [-0.05, 0) is 31.9 Å². The molecular weight excluding hydrogens is 280 g/mol. The average Bonchev–Trinajstić information content (AvgIpc) is 2.69. The number of benzene rings is 1. The average molecular weight is 302 g/mol. The number of hydrogen-bond acceptors (Lipinski definition) is 4. The van der Waals surface area contributed by atoms with Gasteiger partial charge in [0.05, 0.1) is 19.6 Å². The lowest BCUT2D eigenvalue weighted by Gasteiger charge is -2.42. The first-order chi connectivity index (χ1) is 10.4. The van der Waals surface area contributed by atoms with Gasteiger partial charge in [-0.15, -0.1) is 0 Å². The van der Waals surface area contributed by atoms with Gasteiger partial charge in [-0.2, -0.15) is 0 Å². The smallest absolute Gasteiger partial charge is 0.150 e. The van der Waals surface area contributed by atoms with Gasteiger partial charge >= 0.3 is 0 Å². The van der Waals surface area contributed by atoms with Crippen LogP contribution < -0.4 is 9.47 Å². The Labute approximate surface area is 130 Å². The fourth-order valence-electron chi connectivity index (χ4n) is 4.20. The second kappa shape index (κ2) is 4.83. The second-order valence-electron chi connectivity index (χ2n) is 6.83. The van der Waals surface area contributed by atoms with Crippen LogP contribution in [0.4, 0.5) is 0 Å². The van der Waals surface area contributed by atoms with E-state index in [-0.39, 0.29) is 17.5 Å². The third kappa shape index (κ3) is 1.76. The summed E-state index contributed by atoms with van der Waals surface area (Å²) in [7, 11) is 3.24. The zero-order valence-corrected chi connectivity index (χ0v) is 13.6. The highest BCUT2D eigenvalue weighted by molar-refractivity contribution is 6.15. The number of carbonyl (C=O) groups excluding carboxylic acids is 2. The molecule has 0 saturated heterocycles. The normalized spacial score (nSPS) is 33.9. The van der Waals surface area contributed by atoms with E-state index in [1.165, 1.54) is 0 Å². The molecule has 1 aromatic rings. The van der Waals surface area contributed by atoms with E-state index < -0.39 is 10.8 Å². The number of carbonyl (C=O) groups is 2. The molecule has 0 amide bonds. The van der Waals surface area contributed by atoms with Crippen LogP contribution in [0.3, 0.4) is 0 Å². The molecule has 2 saturated carbocycles. The highest BCUT2D eigenvalue weighted by Gasteiger charge is 2.61. The largest absolute Gasteiger partial charge is 0.496 e. The Kier molecular flexibility index (Phi) is 3.31. The van der Waals surface area contributed by atoms with Crippen LogP contribution in [-0.4, -0.2) is 25.8 Å². The number of ether oxygens (including phenoxy) is 2. The summed E-state index contributed by atoms with van der Waals surface area (Å²) in [6, 6.07) is 5.65. The predicted molar refractivity (Wildman–Crippen MR) is 82.4 cm³/mol. The Morgan fingerprint density at radius 1 is 1.05 bits per heavy atom. The Hall–Kier alpha value is -1.84. The first-order valence-corrected chi connectivity index (χ1v) is 7.67. The van der Waals surface area contributed by atoms with Crippen molar-refractivity contribution in [2.75, 3.05) is 14.2 Å². The SMILES string of the molecule is COc1cccc(OC)c1[C@@]1(C)CC[C@@]2(C)C(=O)C[C@@H]1C2=O. The molecule has 2 aliphatic rings. The summed E-state index contributed by atoms with van der Waals surface area (Å²) in [6.45, 7) is 3.87. The van der Waals surface area contributed by atoms with Crippen LogP contribution in [-0.2, 0) is 15.0 Å². The molecule has 0 aliphatic heterocycles. The van der Waals surface area contributed by atoms with E-state index in [9.17, 15) is 9.59 Å². The standard InChI is InChI=1S/C18H22O4/c1-17(15-12(21-3)6-5-7-13(15)22-4)8-9-18(2)14(19)10-11(17)16(18)20/h5-7,11H,8-10H2,1-4H3/t11-,17+,18+/m1/s1. The molecular formula is C18H22O4. The van der Waals surface area contributed by atoms with Crippen LogP contribution >= 0.6 is 0 Å². The van der Waals surface area contributed by atoms with Gasteiger partial charge in [-0.25, -0.2) is 0 Å².